The first-order valence-corrected chi connectivity index (χ1v) is 9.70. The highest BCUT2D eigenvalue weighted by molar-refractivity contribution is 7.09. The maximum atomic E-state index is 12.6. The largest absolute Gasteiger partial charge is 0.476 e. The van der Waals surface area contributed by atoms with Crippen LogP contribution in [0.4, 0.5) is 4.79 Å². The van der Waals surface area contributed by atoms with E-state index in [2.05, 4.69) is 4.98 Å². The topological polar surface area (TPSA) is 100.0 Å². The number of carbonyl (C=O) groups is 2. The van der Waals surface area contributed by atoms with Gasteiger partial charge in [0, 0.05) is 24.4 Å². The van der Waals surface area contributed by atoms with Crippen molar-refractivity contribution in [2.75, 3.05) is 6.54 Å². The Labute approximate surface area is 159 Å². The molecule has 2 N–H and O–H groups in total. The monoisotopic (exact) mass is 386 g/mol. The number of ether oxygens (including phenoxy) is 1. The molecule has 0 aromatic carbocycles. The van der Waals surface area contributed by atoms with E-state index >= 15 is 0 Å². The molecule has 8 heteroatoms. The lowest BCUT2D eigenvalue weighted by Gasteiger charge is -2.36. The van der Waals surface area contributed by atoms with Crippen molar-refractivity contribution in [1.29, 1.82) is 0 Å². The number of hydrogen-bond acceptors (Lipinski definition) is 6. The fraction of sp³-hybridized carbons (Fsp3) is 0.722. The highest BCUT2D eigenvalue weighted by atomic mass is 32.1. The Balaban J connectivity index is 2.98. The molecule has 26 heavy (non-hydrogen) atoms. The average molecular weight is 387 g/mol. The Bertz CT molecular complexity index is 609. The molecule has 0 aliphatic rings. The normalized spacial score (nSPS) is 14.2. The SMILES string of the molecule is CCCN(C(=O)OC(C)(C)C)[C@H](C[C@H](O)c1nc(C(=O)O)cs1)C(C)C. The number of rotatable bonds is 8. The van der Waals surface area contributed by atoms with Crippen molar-refractivity contribution >= 4 is 23.4 Å². The first-order chi connectivity index (χ1) is 12.0. The summed E-state index contributed by atoms with van der Waals surface area (Å²) in [4.78, 5) is 29.2. The van der Waals surface area contributed by atoms with Gasteiger partial charge in [0.05, 0.1) is 0 Å². The smallest absolute Gasteiger partial charge is 0.410 e. The van der Waals surface area contributed by atoms with Gasteiger partial charge in [-0.25, -0.2) is 14.6 Å². The van der Waals surface area contributed by atoms with Crippen molar-refractivity contribution in [1.82, 2.24) is 9.88 Å². The Hall–Kier alpha value is -1.67. The molecule has 0 saturated heterocycles. The van der Waals surface area contributed by atoms with Crippen LogP contribution >= 0.6 is 11.3 Å². The van der Waals surface area contributed by atoms with Crippen LogP contribution in [-0.2, 0) is 4.74 Å². The molecule has 2 atom stereocenters. The van der Waals surface area contributed by atoms with Crippen molar-refractivity contribution in [3.63, 3.8) is 0 Å². The van der Waals surface area contributed by atoms with Crippen molar-refractivity contribution < 1.29 is 24.5 Å². The van der Waals surface area contributed by atoms with Crippen LogP contribution in [0.15, 0.2) is 5.38 Å². The summed E-state index contributed by atoms with van der Waals surface area (Å²) >= 11 is 1.11. The van der Waals surface area contributed by atoms with Crippen molar-refractivity contribution in [3.05, 3.63) is 16.1 Å². The second kappa shape index (κ2) is 9.32. The van der Waals surface area contributed by atoms with E-state index < -0.39 is 23.8 Å². The van der Waals surface area contributed by atoms with Crippen molar-refractivity contribution in [3.8, 4) is 0 Å². The number of nitrogens with zero attached hydrogens (tertiary/aromatic N) is 2. The van der Waals surface area contributed by atoms with Crippen LogP contribution in [0.3, 0.4) is 0 Å². The van der Waals surface area contributed by atoms with Gasteiger partial charge in [0.1, 0.15) is 16.7 Å². The molecule has 0 fully saturated rings. The van der Waals surface area contributed by atoms with Crippen LogP contribution in [-0.4, -0.2) is 50.3 Å². The molecule has 7 nitrogen and oxygen atoms in total. The van der Waals surface area contributed by atoms with E-state index in [0.29, 0.717) is 11.6 Å². The summed E-state index contributed by atoms with van der Waals surface area (Å²) in [5.74, 6) is -1.04. The summed E-state index contributed by atoms with van der Waals surface area (Å²) in [6.07, 6.45) is -0.319. The highest BCUT2D eigenvalue weighted by Gasteiger charge is 2.32. The molecular weight excluding hydrogens is 356 g/mol. The summed E-state index contributed by atoms with van der Waals surface area (Å²) in [5.41, 5.74) is -0.683. The zero-order valence-electron chi connectivity index (χ0n) is 16.4. The Morgan fingerprint density at radius 1 is 1.35 bits per heavy atom. The van der Waals surface area contributed by atoms with Gasteiger partial charge in [-0.15, -0.1) is 11.3 Å². The molecule has 0 spiro atoms. The number of carboxylic acids is 1. The van der Waals surface area contributed by atoms with E-state index in [1.807, 2.05) is 41.5 Å². The van der Waals surface area contributed by atoms with Gasteiger partial charge in [0.15, 0.2) is 5.69 Å². The molecule has 0 aliphatic heterocycles. The Morgan fingerprint density at radius 3 is 2.38 bits per heavy atom. The fourth-order valence-electron chi connectivity index (χ4n) is 2.58. The number of hydrogen-bond donors (Lipinski definition) is 2. The molecule has 0 aliphatic carbocycles. The highest BCUT2D eigenvalue weighted by Crippen LogP contribution is 2.28. The number of amides is 1. The van der Waals surface area contributed by atoms with E-state index in [0.717, 1.165) is 17.8 Å². The predicted molar refractivity (Wildman–Crippen MR) is 101 cm³/mol. The number of aliphatic hydroxyl groups is 1. The number of aromatic nitrogens is 1. The summed E-state index contributed by atoms with van der Waals surface area (Å²) in [5, 5.41) is 21.3. The quantitative estimate of drug-likeness (QED) is 0.702. The second-order valence-electron chi connectivity index (χ2n) is 7.61. The first-order valence-electron chi connectivity index (χ1n) is 8.82. The molecular formula is C18H30N2O5S. The third-order valence-electron chi connectivity index (χ3n) is 3.75. The Kier molecular flexibility index (Phi) is 8.02. The van der Waals surface area contributed by atoms with Crippen LogP contribution in [0.2, 0.25) is 0 Å². The van der Waals surface area contributed by atoms with Crippen LogP contribution in [0, 0.1) is 5.92 Å². The molecule has 0 unspecified atom stereocenters. The fourth-order valence-corrected chi connectivity index (χ4v) is 3.37. The zero-order chi connectivity index (χ0) is 20.1. The number of thiazole rings is 1. The summed E-state index contributed by atoms with van der Waals surface area (Å²) < 4.78 is 5.52. The lowest BCUT2D eigenvalue weighted by molar-refractivity contribution is 0.00305. The molecule has 1 rings (SSSR count). The molecule has 1 heterocycles. The van der Waals surface area contributed by atoms with Gasteiger partial charge in [-0.2, -0.15) is 0 Å². The lowest BCUT2D eigenvalue weighted by atomic mass is 9.96. The van der Waals surface area contributed by atoms with Gasteiger partial charge in [-0.3, -0.25) is 0 Å². The van der Waals surface area contributed by atoms with Gasteiger partial charge < -0.3 is 19.8 Å². The summed E-state index contributed by atoms with van der Waals surface area (Å²) in [7, 11) is 0. The van der Waals surface area contributed by atoms with Gasteiger partial charge in [0.25, 0.3) is 0 Å². The van der Waals surface area contributed by atoms with Gasteiger partial charge in [-0.1, -0.05) is 20.8 Å². The maximum Gasteiger partial charge on any atom is 0.410 e. The Morgan fingerprint density at radius 2 is 1.96 bits per heavy atom. The molecule has 1 aromatic rings. The first kappa shape index (κ1) is 22.4. The minimum absolute atomic E-state index is 0.0808. The van der Waals surface area contributed by atoms with Crippen LogP contribution in [0.5, 0.6) is 0 Å². The zero-order valence-corrected chi connectivity index (χ0v) is 17.2. The maximum absolute atomic E-state index is 12.6. The van der Waals surface area contributed by atoms with Crippen molar-refractivity contribution in [2.45, 2.75) is 72.1 Å². The van der Waals surface area contributed by atoms with E-state index in [9.17, 15) is 14.7 Å². The van der Waals surface area contributed by atoms with Crippen molar-refractivity contribution in [2.24, 2.45) is 5.92 Å². The van der Waals surface area contributed by atoms with Gasteiger partial charge >= 0.3 is 12.1 Å². The minimum Gasteiger partial charge on any atom is -0.476 e. The second-order valence-corrected chi connectivity index (χ2v) is 8.50. The summed E-state index contributed by atoms with van der Waals surface area (Å²) in [6.45, 7) is 11.9. The average Bonchev–Trinajstić information content (AvgIpc) is 2.98. The van der Waals surface area contributed by atoms with E-state index in [1.165, 1.54) is 5.38 Å². The third-order valence-corrected chi connectivity index (χ3v) is 4.70. The van der Waals surface area contributed by atoms with Gasteiger partial charge in [0.2, 0.25) is 0 Å². The number of carbonyl (C=O) groups excluding carboxylic acids is 1. The lowest BCUT2D eigenvalue weighted by Crippen LogP contribution is -2.46. The summed E-state index contributed by atoms with van der Waals surface area (Å²) in [6, 6.07) is -0.253. The molecule has 0 saturated carbocycles. The molecule has 1 aromatic heterocycles. The molecule has 0 radical (unpaired) electrons. The van der Waals surface area contributed by atoms with Crippen LogP contribution in [0.1, 0.15) is 76.0 Å². The molecule has 148 valence electrons. The predicted octanol–water partition coefficient (Wildman–Crippen LogP) is 3.94. The third kappa shape index (κ3) is 6.57. The van der Waals surface area contributed by atoms with E-state index in [-0.39, 0.29) is 24.1 Å². The van der Waals surface area contributed by atoms with E-state index in [4.69, 9.17) is 9.84 Å². The standard InChI is InChI=1S/C18H30N2O5S/c1-7-8-20(17(24)25-18(4,5)6)13(11(2)3)9-14(21)15-19-12(10-26-15)16(22)23/h10-11,13-14,21H,7-9H2,1-6H3,(H,22,23)/t13-,14+/m1/s1. The van der Waals surface area contributed by atoms with Crippen LogP contribution < -0.4 is 0 Å². The number of aliphatic hydroxyl groups excluding tert-OH is 1. The molecule has 0 bridgehead atoms. The molecule has 1 amide bonds. The minimum atomic E-state index is -1.12. The number of carboxylic acid groups (broad SMARTS) is 1. The van der Waals surface area contributed by atoms with Gasteiger partial charge in [-0.05, 0) is 33.1 Å². The van der Waals surface area contributed by atoms with E-state index in [1.54, 1.807) is 4.90 Å². The van der Waals surface area contributed by atoms with Crippen LogP contribution in [0.25, 0.3) is 0 Å². The number of aromatic carboxylic acids is 1.